The maximum absolute atomic E-state index is 13.6. The summed E-state index contributed by atoms with van der Waals surface area (Å²) in [6.45, 7) is 2.97. The molecule has 2 N–H and O–H groups in total. The van der Waals surface area contributed by atoms with E-state index in [0.717, 1.165) is 36.9 Å². The van der Waals surface area contributed by atoms with Gasteiger partial charge in [0.2, 0.25) is 5.91 Å². The lowest BCUT2D eigenvalue weighted by Gasteiger charge is -2.31. The number of rotatable bonds is 6. The van der Waals surface area contributed by atoms with Crippen molar-refractivity contribution in [3.8, 4) is 0 Å². The SMILES string of the molecule is C/C=C\c1ccc2n(c1=O)C[C@@H]1[C@@H](CO)[C@H](C(=O)NC3CCCC3)N(Cc3ccccc3)[C@H]21. The van der Waals surface area contributed by atoms with E-state index in [-0.39, 0.29) is 42.0 Å². The highest BCUT2D eigenvalue weighted by atomic mass is 16.3. The molecule has 33 heavy (non-hydrogen) atoms. The molecule has 1 aromatic carbocycles. The van der Waals surface area contributed by atoms with Gasteiger partial charge in [0.15, 0.2) is 0 Å². The van der Waals surface area contributed by atoms with Gasteiger partial charge in [-0.05, 0) is 37.5 Å². The first-order chi connectivity index (χ1) is 16.1. The number of carbonyl (C=O) groups excluding carboxylic acids is 1. The number of aromatic nitrogens is 1. The molecule has 1 aromatic heterocycles. The number of benzene rings is 1. The first-order valence-corrected chi connectivity index (χ1v) is 12.2. The fourth-order valence-corrected chi connectivity index (χ4v) is 6.26. The van der Waals surface area contributed by atoms with Crippen LogP contribution < -0.4 is 10.9 Å². The van der Waals surface area contributed by atoms with Crippen molar-refractivity contribution in [3.05, 3.63) is 75.7 Å². The zero-order chi connectivity index (χ0) is 22.9. The van der Waals surface area contributed by atoms with Gasteiger partial charge < -0.3 is 15.0 Å². The van der Waals surface area contributed by atoms with E-state index >= 15 is 0 Å². The first-order valence-electron chi connectivity index (χ1n) is 12.2. The van der Waals surface area contributed by atoms with Crippen molar-refractivity contribution in [3.63, 3.8) is 0 Å². The maximum atomic E-state index is 13.6. The summed E-state index contributed by atoms with van der Waals surface area (Å²) in [5, 5.41) is 13.7. The second-order valence-corrected chi connectivity index (χ2v) is 9.68. The zero-order valence-corrected chi connectivity index (χ0v) is 19.2. The van der Waals surface area contributed by atoms with Crippen LogP contribution in [0.3, 0.4) is 0 Å². The van der Waals surface area contributed by atoms with Gasteiger partial charge in [0.25, 0.3) is 5.56 Å². The van der Waals surface area contributed by atoms with Crippen molar-refractivity contribution < 1.29 is 9.90 Å². The Kier molecular flexibility index (Phi) is 6.21. The van der Waals surface area contributed by atoms with Gasteiger partial charge in [-0.1, -0.05) is 55.3 Å². The molecule has 0 unspecified atom stereocenters. The molecule has 0 spiro atoms. The number of fused-ring (bicyclic) bond motifs is 3. The zero-order valence-electron chi connectivity index (χ0n) is 19.2. The molecule has 1 saturated heterocycles. The van der Waals surface area contributed by atoms with Gasteiger partial charge in [-0.25, -0.2) is 0 Å². The normalized spacial score (nSPS) is 27.2. The molecular weight excluding hydrogens is 414 g/mol. The highest BCUT2D eigenvalue weighted by Crippen LogP contribution is 2.49. The average molecular weight is 448 g/mol. The van der Waals surface area contributed by atoms with Crippen molar-refractivity contribution in [1.82, 2.24) is 14.8 Å². The minimum absolute atomic E-state index is 0.00306. The third-order valence-electron chi connectivity index (χ3n) is 7.74. The fraction of sp³-hybridized carbons (Fsp3) is 0.481. The second-order valence-electron chi connectivity index (χ2n) is 9.68. The van der Waals surface area contributed by atoms with Gasteiger partial charge in [-0.15, -0.1) is 0 Å². The Bertz CT molecular complexity index is 1090. The lowest BCUT2D eigenvalue weighted by molar-refractivity contribution is -0.128. The number of carbonyl (C=O) groups is 1. The summed E-state index contributed by atoms with van der Waals surface area (Å²) < 4.78 is 1.86. The van der Waals surface area contributed by atoms with Crippen LogP contribution in [0, 0.1) is 11.8 Å². The van der Waals surface area contributed by atoms with Crippen LogP contribution in [0.2, 0.25) is 0 Å². The molecule has 5 rings (SSSR count). The Labute approximate surface area is 194 Å². The Morgan fingerprint density at radius 3 is 2.61 bits per heavy atom. The van der Waals surface area contributed by atoms with Crippen molar-refractivity contribution in [1.29, 1.82) is 0 Å². The van der Waals surface area contributed by atoms with Crippen LogP contribution in [0.5, 0.6) is 0 Å². The Hall–Kier alpha value is -2.70. The van der Waals surface area contributed by atoms with E-state index in [1.54, 1.807) is 0 Å². The molecule has 3 heterocycles. The van der Waals surface area contributed by atoms with Crippen molar-refractivity contribution in [2.45, 2.75) is 63.8 Å². The summed E-state index contributed by atoms with van der Waals surface area (Å²) in [6, 6.07) is 13.8. The molecule has 2 aromatic rings. The highest BCUT2D eigenvalue weighted by molar-refractivity contribution is 5.83. The molecule has 1 amide bonds. The third kappa shape index (κ3) is 3.96. The quantitative estimate of drug-likeness (QED) is 0.714. The van der Waals surface area contributed by atoms with Gasteiger partial charge in [0.05, 0.1) is 12.1 Å². The van der Waals surface area contributed by atoms with E-state index < -0.39 is 6.04 Å². The topological polar surface area (TPSA) is 74.6 Å². The van der Waals surface area contributed by atoms with Crippen LogP contribution >= 0.6 is 0 Å². The van der Waals surface area contributed by atoms with E-state index in [9.17, 15) is 14.7 Å². The lowest BCUT2D eigenvalue weighted by Crippen LogP contribution is -2.50. The van der Waals surface area contributed by atoms with Crippen molar-refractivity contribution >= 4 is 12.0 Å². The number of amides is 1. The molecule has 6 heteroatoms. The number of nitrogens with zero attached hydrogens (tertiary/aromatic N) is 2. The monoisotopic (exact) mass is 447 g/mol. The van der Waals surface area contributed by atoms with Crippen LogP contribution in [0.4, 0.5) is 0 Å². The largest absolute Gasteiger partial charge is 0.396 e. The van der Waals surface area contributed by atoms with E-state index in [4.69, 9.17) is 0 Å². The molecule has 0 radical (unpaired) electrons. The Balaban J connectivity index is 1.54. The molecule has 174 valence electrons. The Morgan fingerprint density at radius 1 is 1.15 bits per heavy atom. The number of aliphatic hydroxyl groups is 1. The average Bonchev–Trinajstić information content (AvgIpc) is 3.53. The minimum atomic E-state index is -0.412. The summed E-state index contributed by atoms with van der Waals surface area (Å²) in [5.74, 6) is -0.179. The summed E-state index contributed by atoms with van der Waals surface area (Å²) in [5.41, 5.74) is 2.75. The third-order valence-corrected chi connectivity index (χ3v) is 7.74. The van der Waals surface area contributed by atoms with E-state index in [1.165, 1.54) is 0 Å². The van der Waals surface area contributed by atoms with Gasteiger partial charge in [0, 0.05) is 48.8 Å². The number of likely N-dealkylation sites (tertiary alicyclic amines) is 1. The van der Waals surface area contributed by atoms with Gasteiger partial charge >= 0.3 is 0 Å². The number of pyridine rings is 1. The molecule has 0 bridgehead atoms. The number of aliphatic hydroxyl groups excluding tert-OH is 1. The van der Waals surface area contributed by atoms with Gasteiger partial charge in [0.1, 0.15) is 0 Å². The van der Waals surface area contributed by atoms with E-state index in [1.807, 2.05) is 54.0 Å². The van der Waals surface area contributed by atoms with Gasteiger partial charge in [-0.3, -0.25) is 14.5 Å². The molecule has 2 fully saturated rings. The first kappa shape index (κ1) is 22.1. The molecule has 1 aliphatic carbocycles. The molecule has 3 aliphatic rings. The summed E-state index contributed by atoms with van der Waals surface area (Å²) in [7, 11) is 0. The predicted molar refractivity (Wildman–Crippen MR) is 128 cm³/mol. The van der Waals surface area contributed by atoms with Crippen LogP contribution in [-0.4, -0.2) is 39.2 Å². The second kappa shape index (κ2) is 9.27. The molecular formula is C27H33N3O3. The summed E-state index contributed by atoms with van der Waals surface area (Å²) in [4.78, 5) is 29.0. The van der Waals surface area contributed by atoms with Crippen LogP contribution in [-0.2, 0) is 17.9 Å². The predicted octanol–water partition coefficient (Wildman–Crippen LogP) is 3.10. The molecule has 6 nitrogen and oxygen atoms in total. The highest BCUT2D eigenvalue weighted by Gasteiger charge is 2.55. The molecule has 1 saturated carbocycles. The smallest absolute Gasteiger partial charge is 0.258 e. The summed E-state index contributed by atoms with van der Waals surface area (Å²) in [6.07, 6.45) is 8.08. The van der Waals surface area contributed by atoms with Crippen molar-refractivity contribution in [2.75, 3.05) is 6.61 Å². The molecule has 4 atom stereocenters. The van der Waals surface area contributed by atoms with Crippen LogP contribution in [0.15, 0.2) is 53.3 Å². The minimum Gasteiger partial charge on any atom is -0.396 e. The maximum Gasteiger partial charge on any atom is 0.258 e. The van der Waals surface area contributed by atoms with E-state index in [0.29, 0.717) is 18.7 Å². The lowest BCUT2D eigenvalue weighted by atomic mass is 9.88. The van der Waals surface area contributed by atoms with Gasteiger partial charge in [-0.2, -0.15) is 0 Å². The van der Waals surface area contributed by atoms with Crippen molar-refractivity contribution in [2.24, 2.45) is 11.8 Å². The van der Waals surface area contributed by atoms with Crippen LogP contribution in [0.25, 0.3) is 6.08 Å². The number of hydrogen-bond acceptors (Lipinski definition) is 4. The molecule has 2 aliphatic heterocycles. The number of nitrogens with one attached hydrogen (secondary N) is 1. The number of allylic oxidation sites excluding steroid dienone is 1. The summed E-state index contributed by atoms with van der Waals surface area (Å²) >= 11 is 0. The van der Waals surface area contributed by atoms with Crippen LogP contribution in [0.1, 0.15) is 55.5 Å². The standard InChI is InChI=1S/C27H33N3O3/c1-2-8-19-13-14-23-24-21(16-29(23)27(19)33)22(17-31)25(26(32)28-20-11-6-7-12-20)30(24)15-18-9-4-3-5-10-18/h2-5,8-10,13-14,20-22,24-25,31H,6-7,11-12,15-17H2,1H3,(H,28,32)/b8-2-/t21-,22-,24+,25-/m1/s1. The number of hydrogen-bond donors (Lipinski definition) is 2. The fourth-order valence-electron chi connectivity index (χ4n) is 6.26. The Morgan fingerprint density at radius 2 is 1.91 bits per heavy atom. The van der Waals surface area contributed by atoms with E-state index in [2.05, 4.69) is 22.3 Å².